The molecule has 1 aliphatic heterocycles. The molecule has 0 saturated carbocycles. The summed E-state index contributed by atoms with van der Waals surface area (Å²) in [6.07, 6.45) is 0.717. The summed E-state index contributed by atoms with van der Waals surface area (Å²) in [6.45, 7) is 4.07. The van der Waals surface area contributed by atoms with Gasteiger partial charge in [-0.15, -0.1) is 0 Å². The van der Waals surface area contributed by atoms with E-state index in [0.29, 0.717) is 45.6 Å². The number of aliphatic hydroxyl groups excluding tert-OH is 1. The summed E-state index contributed by atoms with van der Waals surface area (Å²) in [5.74, 6) is 1.03. The number of carbonyl (C=O) groups excluding carboxylic acids is 1. The molecule has 200 valence electrons. The Morgan fingerprint density at radius 2 is 2.00 bits per heavy atom. The molecule has 3 rings (SSSR count). The van der Waals surface area contributed by atoms with Crippen LogP contribution in [0.3, 0.4) is 0 Å². The summed E-state index contributed by atoms with van der Waals surface area (Å²) in [5, 5.41) is 23.3. The lowest BCUT2D eigenvalue weighted by Crippen LogP contribution is -2.49. The van der Waals surface area contributed by atoms with Crippen LogP contribution >= 0.6 is 11.9 Å². The number of amides is 1. The lowest BCUT2D eigenvalue weighted by atomic mass is 10.0. The molecule has 8 nitrogen and oxygen atoms in total. The molecule has 2 aromatic carbocycles. The van der Waals surface area contributed by atoms with Crippen molar-refractivity contribution in [2.24, 2.45) is 5.92 Å². The molecular weight excluding hydrogens is 490 g/mol. The van der Waals surface area contributed by atoms with Crippen LogP contribution < -0.4 is 10.1 Å². The van der Waals surface area contributed by atoms with Crippen molar-refractivity contribution in [2.45, 2.75) is 55.8 Å². The molecule has 0 radical (unpaired) electrons. The van der Waals surface area contributed by atoms with Crippen LogP contribution in [-0.2, 0) is 15.9 Å². The molecule has 1 heterocycles. The summed E-state index contributed by atoms with van der Waals surface area (Å²) >= 11 is 1.54. The zero-order valence-corrected chi connectivity index (χ0v) is 22.4. The van der Waals surface area contributed by atoms with Crippen LogP contribution in [0.4, 0.5) is 4.79 Å². The minimum absolute atomic E-state index is 0.255. The summed E-state index contributed by atoms with van der Waals surface area (Å²) in [5.41, 5.74) is 1.01. The molecule has 1 aliphatic rings. The molecule has 1 fully saturated rings. The van der Waals surface area contributed by atoms with Crippen molar-refractivity contribution in [2.75, 3.05) is 33.4 Å². The smallest absolute Gasteiger partial charge is 0.407 e. The summed E-state index contributed by atoms with van der Waals surface area (Å²) in [7, 11) is 1.63. The van der Waals surface area contributed by atoms with E-state index in [9.17, 15) is 9.90 Å². The highest BCUT2D eigenvalue weighted by atomic mass is 32.2. The Hall–Kier alpha value is -2.77. The van der Waals surface area contributed by atoms with Gasteiger partial charge < -0.3 is 24.6 Å². The fourth-order valence-electron chi connectivity index (χ4n) is 4.11. The summed E-state index contributed by atoms with van der Waals surface area (Å²) in [6, 6.07) is 19.2. The van der Waals surface area contributed by atoms with Gasteiger partial charge in [-0.25, -0.2) is 9.10 Å². The van der Waals surface area contributed by atoms with Gasteiger partial charge in [0.15, 0.2) is 0 Å². The molecule has 1 saturated heterocycles. The van der Waals surface area contributed by atoms with Gasteiger partial charge in [-0.05, 0) is 60.5 Å². The minimum atomic E-state index is -0.860. The molecule has 0 spiro atoms. The van der Waals surface area contributed by atoms with Gasteiger partial charge in [-0.2, -0.15) is 5.26 Å². The van der Waals surface area contributed by atoms with E-state index in [0.717, 1.165) is 22.6 Å². The van der Waals surface area contributed by atoms with Gasteiger partial charge in [0.25, 0.3) is 0 Å². The first-order valence-electron chi connectivity index (χ1n) is 12.7. The van der Waals surface area contributed by atoms with E-state index in [-0.39, 0.29) is 12.0 Å². The third-order valence-electron chi connectivity index (χ3n) is 6.18. The first kappa shape index (κ1) is 28.8. The highest BCUT2D eigenvalue weighted by Gasteiger charge is 2.28. The standard InChI is InChI=1S/C28H37N3O5S/c1-21(7-6-15-29)18-31(37-25-12-10-23(34-2)11-13-25)19-27(32)26(17-22-8-4-3-5-9-22)30-28(33)36-24-14-16-35-20-24/h3-5,8-13,21,24,26-27,32H,6-7,14,16-20H2,1-2H3,(H,30,33). The van der Waals surface area contributed by atoms with Crippen molar-refractivity contribution in [3.63, 3.8) is 0 Å². The number of nitrogens with zero attached hydrogens (tertiary/aromatic N) is 2. The van der Waals surface area contributed by atoms with Gasteiger partial charge in [-0.3, -0.25) is 0 Å². The zero-order valence-electron chi connectivity index (χ0n) is 21.5. The third-order valence-corrected chi connectivity index (χ3v) is 7.22. The molecule has 2 aromatic rings. The van der Waals surface area contributed by atoms with Crippen molar-refractivity contribution in [1.82, 2.24) is 9.62 Å². The Morgan fingerprint density at radius 1 is 1.24 bits per heavy atom. The van der Waals surface area contributed by atoms with E-state index in [2.05, 4.69) is 22.6 Å². The van der Waals surface area contributed by atoms with Crippen LogP contribution in [0.2, 0.25) is 0 Å². The normalized spacial score (nSPS) is 17.5. The average Bonchev–Trinajstić information content (AvgIpc) is 3.41. The molecule has 0 aromatic heterocycles. The maximum Gasteiger partial charge on any atom is 0.407 e. The Labute approximate surface area is 224 Å². The molecule has 2 N–H and O–H groups in total. The highest BCUT2D eigenvalue weighted by Crippen LogP contribution is 2.27. The van der Waals surface area contributed by atoms with Crippen molar-refractivity contribution in [3.05, 3.63) is 60.2 Å². The molecule has 37 heavy (non-hydrogen) atoms. The fourth-order valence-corrected chi connectivity index (χ4v) is 5.23. The Bertz CT molecular complexity index is 980. The second-order valence-electron chi connectivity index (χ2n) is 9.31. The van der Waals surface area contributed by atoms with Crippen LogP contribution in [0.5, 0.6) is 5.75 Å². The number of methoxy groups -OCH3 is 1. The first-order chi connectivity index (χ1) is 18.0. The van der Waals surface area contributed by atoms with E-state index >= 15 is 0 Å². The SMILES string of the molecule is COc1ccc(SN(CC(C)CCC#N)CC(O)C(Cc2ccccc2)NC(=O)OC2CCOC2)cc1. The zero-order chi connectivity index (χ0) is 26.5. The predicted molar refractivity (Wildman–Crippen MR) is 143 cm³/mol. The maximum atomic E-state index is 12.7. The van der Waals surface area contributed by atoms with E-state index in [1.165, 1.54) is 0 Å². The van der Waals surface area contributed by atoms with Gasteiger partial charge in [0.2, 0.25) is 0 Å². The average molecular weight is 528 g/mol. The number of ether oxygens (including phenoxy) is 3. The van der Waals surface area contributed by atoms with Crippen LogP contribution in [0.25, 0.3) is 0 Å². The van der Waals surface area contributed by atoms with Gasteiger partial charge in [0.1, 0.15) is 11.9 Å². The first-order valence-corrected chi connectivity index (χ1v) is 13.4. The number of benzene rings is 2. The Morgan fingerprint density at radius 3 is 2.65 bits per heavy atom. The van der Waals surface area contributed by atoms with Crippen LogP contribution in [0.15, 0.2) is 59.5 Å². The Kier molecular flexibility index (Phi) is 12.0. The number of nitriles is 1. The molecule has 4 unspecified atom stereocenters. The molecular formula is C28H37N3O5S. The number of rotatable bonds is 14. The lowest BCUT2D eigenvalue weighted by molar-refractivity contribution is 0.0649. The maximum absolute atomic E-state index is 12.7. The van der Waals surface area contributed by atoms with Crippen LogP contribution in [-0.4, -0.2) is 67.2 Å². The van der Waals surface area contributed by atoms with E-state index in [4.69, 9.17) is 19.5 Å². The van der Waals surface area contributed by atoms with Gasteiger partial charge in [-0.1, -0.05) is 37.3 Å². The van der Waals surface area contributed by atoms with Gasteiger partial charge in [0, 0.05) is 30.8 Å². The Balaban J connectivity index is 1.71. The highest BCUT2D eigenvalue weighted by molar-refractivity contribution is 7.97. The van der Waals surface area contributed by atoms with Crippen molar-refractivity contribution in [3.8, 4) is 11.8 Å². The number of hydrogen-bond acceptors (Lipinski definition) is 8. The van der Waals surface area contributed by atoms with Crippen molar-refractivity contribution in [1.29, 1.82) is 5.26 Å². The molecule has 1 amide bonds. The molecule has 4 atom stereocenters. The van der Waals surface area contributed by atoms with Gasteiger partial charge in [0.05, 0.1) is 38.5 Å². The second kappa shape index (κ2) is 15.5. The number of hydrogen-bond donors (Lipinski definition) is 2. The van der Waals surface area contributed by atoms with E-state index < -0.39 is 18.2 Å². The van der Waals surface area contributed by atoms with Gasteiger partial charge >= 0.3 is 6.09 Å². The molecule has 0 aliphatic carbocycles. The lowest BCUT2D eigenvalue weighted by Gasteiger charge is -2.31. The largest absolute Gasteiger partial charge is 0.497 e. The predicted octanol–water partition coefficient (Wildman–Crippen LogP) is 4.43. The summed E-state index contributed by atoms with van der Waals surface area (Å²) < 4.78 is 18.2. The van der Waals surface area contributed by atoms with Crippen molar-refractivity contribution < 1.29 is 24.1 Å². The quantitative estimate of drug-likeness (QED) is 0.348. The number of alkyl carbamates (subject to hydrolysis) is 1. The monoisotopic (exact) mass is 527 g/mol. The topological polar surface area (TPSA) is 104 Å². The van der Waals surface area contributed by atoms with E-state index in [1.54, 1.807) is 19.1 Å². The van der Waals surface area contributed by atoms with E-state index in [1.807, 2.05) is 54.6 Å². The number of aliphatic hydroxyl groups is 1. The van der Waals surface area contributed by atoms with Crippen LogP contribution in [0.1, 0.15) is 31.7 Å². The molecule has 9 heteroatoms. The summed E-state index contributed by atoms with van der Waals surface area (Å²) in [4.78, 5) is 13.7. The minimum Gasteiger partial charge on any atom is -0.497 e. The number of nitrogens with one attached hydrogen (secondary N) is 1. The third kappa shape index (κ3) is 10.3. The number of carbonyl (C=O) groups is 1. The molecule has 0 bridgehead atoms. The second-order valence-corrected chi connectivity index (χ2v) is 10.5. The fraction of sp³-hybridized carbons (Fsp3) is 0.500. The van der Waals surface area contributed by atoms with Crippen molar-refractivity contribution >= 4 is 18.0 Å². The van der Waals surface area contributed by atoms with Crippen LogP contribution in [0, 0.1) is 17.2 Å².